The van der Waals surface area contributed by atoms with Crippen LogP contribution in [0, 0.1) is 0 Å². The summed E-state index contributed by atoms with van der Waals surface area (Å²) in [4.78, 5) is 15.8. The van der Waals surface area contributed by atoms with E-state index in [4.69, 9.17) is 4.52 Å². The van der Waals surface area contributed by atoms with Gasteiger partial charge in [0.05, 0.1) is 0 Å². The van der Waals surface area contributed by atoms with Gasteiger partial charge in [-0.1, -0.05) is 17.3 Å². The van der Waals surface area contributed by atoms with E-state index in [-0.39, 0.29) is 5.78 Å². The van der Waals surface area contributed by atoms with Crippen LogP contribution in [0.5, 0.6) is 0 Å². The molecule has 0 N–H and O–H groups in total. The monoisotopic (exact) mass is 282 g/mol. The highest BCUT2D eigenvalue weighted by atomic mass is 16.5. The Balaban J connectivity index is 1.61. The number of carbonyl (C=O) groups excluding carboxylic acids is 1. The number of aryl methyl sites for hydroxylation is 1. The molecule has 4 rings (SSSR count). The maximum Gasteiger partial charge on any atom is 0.230 e. The number of nitrogens with zero attached hydrogens (tertiary/aromatic N) is 2. The van der Waals surface area contributed by atoms with E-state index in [1.165, 1.54) is 24.0 Å². The average molecular weight is 282 g/mol. The minimum Gasteiger partial charge on any atom is -0.339 e. The summed E-state index contributed by atoms with van der Waals surface area (Å²) in [7, 11) is 0. The highest BCUT2D eigenvalue weighted by Crippen LogP contribution is 2.40. The van der Waals surface area contributed by atoms with Crippen LogP contribution in [0.2, 0.25) is 0 Å². The maximum absolute atomic E-state index is 11.3. The molecule has 0 aliphatic heterocycles. The number of aromatic nitrogens is 2. The molecule has 1 fully saturated rings. The van der Waals surface area contributed by atoms with Gasteiger partial charge in [0.2, 0.25) is 11.7 Å². The van der Waals surface area contributed by atoms with E-state index < -0.39 is 0 Å². The zero-order chi connectivity index (χ0) is 14.4. The van der Waals surface area contributed by atoms with Crippen LogP contribution in [0.4, 0.5) is 0 Å². The van der Waals surface area contributed by atoms with Gasteiger partial charge in [0, 0.05) is 17.9 Å². The highest BCUT2D eigenvalue weighted by molar-refractivity contribution is 5.76. The molecule has 1 saturated carbocycles. The summed E-state index contributed by atoms with van der Waals surface area (Å²) in [5.74, 6) is 2.61. The molecule has 4 heteroatoms. The number of rotatable bonds is 4. The molecule has 0 saturated heterocycles. The summed E-state index contributed by atoms with van der Waals surface area (Å²) in [5.41, 5.74) is 3.67. The third-order valence-electron chi connectivity index (χ3n) is 4.51. The molecule has 1 atom stereocenters. The lowest BCUT2D eigenvalue weighted by Gasteiger charge is -2.09. The number of Topliss-reactive ketones (excluding diaryl/α,β-unsaturated/α-hetero) is 1. The van der Waals surface area contributed by atoms with Crippen LogP contribution in [0.3, 0.4) is 0 Å². The van der Waals surface area contributed by atoms with Crippen molar-refractivity contribution in [3.05, 3.63) is 35.2 Å². The minimum atomic E-state index is 0.268. The summed E-state index contributed by atoms with van der Waals surface area (Å²) in [6.07, 6.45) is 5.09. The Kier molecular flexibility index (Phi) is 2.91. The normalized spacial score (nSPS) is 20.5. The SMILES string of the molecule is CC(=O)C[C@@H]1CCc2cc(-c3noc(C4CC4)n3)ccc21. The first kappa shape index (κ1) is 12.7. The molecule has 0 spiro atoms. The van der Waals surface area contributed by atoms with Crippen molar-refractivity contribution in [1.82, 2.24) is 10.1 Å². The van der Waals surface area contributed by atoms with Crippen molar-refractivity contribution in [3.8, 4) is 11.4 Å². The minimum absolute atomic E-state index is 0.268. The molecule has 108 valence electrons. The van der Waals surface area contributed by atoms with Crippen LogP contribution in [0.25, 0.3) is 11.4 Å². The molecule has 2 aromatic rings. The van der Waals surface area contributed by atoms with E-state index in [0.717, 1.165) is 24.3 Å². The van der Waals surface area contributed by atoms with Gasteiger partial charge in [-0.2, -0.15) is 4.98 Å². The quantitative estimate of drug-likeness (QED) is 0.859. The Morgan fingerprint density at radius 3 is 2.95 bits per heavy atom. The Morgan fingerprint density at radius 1 is 1.33 bits per heavy atom. The van der Waals surface area contributed by atoms with Gasteiger partial charge in [-0.15, -0.1) is 0 Å². The molecular weight excluding hydrogens is 264 g/mol. The third-order valence-corrected chi connectivity index (χ3v) is 4.51. The molecule has 0 bridgehead atoms. The fourth-order valence-corrected chi connectivity index (χ4v) is 3.25. The summed E-state index contributed by atoms with van der Waals surface area (Å²) < 4.78 is 5.33. The summed E-state index contributed by atoms with van der Waals surface area (Å²) in [6, 6.07) is 6.36. The van der Waals surface area contributed by atoms with Crippen LogP contribution >= 0.6 is 0 Å². The largest absolute Gasteiger partial charge is 0.339 e. The first-order valence-electron chi connectivity index (χ1n) is 7.67. The lowest BCUT2D eigenvalue weighted by atomic mass is 9.95. The van der Waals surface area contributed by atoms with Gasteiger partial charge in [-0.05, 0) is 55.7 Å². The summed E-state index contributed by atoms with van der Waals surface area (Å²) >= 11 is 0. The van der Waals surface area contributed by atoms with E-state index in [1.807, 2.05) is 0 Å². The zero-order valence-electron chi connectivity index (χ0n) is 12.1. The molecular formula is C17H18N2O2. The molecule has 1 aromatic carbocycles. The van der Waals surface area contributed by atoms with Gasteiger partial charge in [0.25, 0.3) is 0 Å². The lowest BCUT2D eigenvalue weighted by molar-refractivity contribution is -0.117. The fourth-order valence-electron chi connectivity index (χ4n) is 3.25. The van der Waals surface area contributed by atoms with Crippen molar-refractivity contribution in [3.63, 3.8) is 0 Å². The van der Waals surface area contributed by atoms with Crippen molar-refractivity contribution < 1.29 is 9.32 Å². The molecule has 2 aliphatic carbocycles. The average Bonchev–Trinajstić information content (AvgIpc) is 3.07. The van der Waals surface area contributed by atoms with Gasteiger partial charge in [-0.3, -0.25) is 0 Å². The first-order valence-corrected chi connectivity index (χ1v) is 7.67. The fraction of sp³-hybridized carbons (Fsp3) is 0.471. The Labute approximate surface area is 123 Å². The molecule has 1 heterocycles. The maximum atomic E-state index is 11.3. The number of ketones is 1. The third kappa shape index (κ3) is 2.39. The Morgan fingerprint density at radius 2 is 2.19 bits per heavy atom. The molecule has 2 aliphatic rings. The van der Waals surface area contributed by atoms with E-state index in [2.05, 4.69) is 28.3 Å². The van der Waals surface area contributed by atoms with Gasteiger partial charge in [-0.25, -0.2) is 0 Å². The predicted molar refractivity (Wildman–Crippen MR) is 78.1 cm³/mol. The first-order chi connectivity index (χ1) is 10.2. The second kappa shape index (κ2) is 4.79. The Bertz CT molecular complexity index is 701. The van der Waals surface area contributed by atoms with Crippen LogP contribution in [0.15, 0.2) is 22.7 Å². The number of fused-ring (bicyclic) bond motifs is 1. The second-order valence-corrected chi connectivity index (χ2v) is 6.29. The van der Waals surface area contributed by atoms with Crippen LogP contribution in [0.1, 0.15) is 61.5 Å². The molecule has 1 aromatic heterocycles. The molecule has 21 heavy (non-hydrogen) atoms. The molecule has 4 nitrogen and oxygen atoms in total. The summed E-state index contributed by atoms with van der Waals surface area (Å²) in [5, 5.41) is 4.10. The van der Waals surface area contributed by atoms with Crippen molar-refractivity contribution in [2.75, 3.05) is 0 Å². The van der Waals surface area contributed by atoms with Gasteiger partial charge in [0.15, 0.2) is 0 Å². The van der Waals surface area contributed by atoms with Gasteiger partial charge in [0.1, 0.15) is 5.78 Å². The highest BCUT2D eigenvalue weighted by Gasteiger charge is 2.30. The van der Waals surface area contributed by atoms with Crippen molar-refractivity contribution >= 4 is 5.78 Å². The van der Waals surface area contributed by atoms with E-state index in [9.17, 15) is 4.79 Å². The summed E-state index contributed by atoms with van der Waals surface area (Å²) in [6.45, 7) is 1.67. The van der Waals surface area contributed by atoms with E-state index >= 15 is 0 Å². The van der Waals surface area contributed by atoms with Gasteiger partial charge < -0.3 is 9.32 Å². The Hall–Kier alpha value is -1.97. The smallest absolute Gasteiger partial charge is 0.230 e. The number of benzene rings is 1. The zero-order valence-corrected chi connectivity index (χ0v) is 12.1. The van der Waals surface area contributed by atoms with Gasteiger partial charge >= 0.3 is 0 Å². The molecule has 0 amide bonds. The van der Waals surface area contributed by atoms with E-state index in [0.29, 0.717) is 24.1 Å². The second-order valence-electron chi connectivity index (χ2n) is 6.29. The predicted octanol–water partition coefficient (Wildman–Crippen LogP) is 3.62. The van der Waals surface area contributed by atoms with Crippen LogP contribution in [-0.2, 0) is 11.2 Å². The topological polar surface area (TPSA) is 56.0 Å². The molecule has 0 radical (unpaired) electrons. The van der Waals surface area contributed by atoms with Crippen molar-refractivity contribution in [2.45, 2.75) is 50.9 Å². The lowest BCUT2D eigenvalue weighted by Crippen LogP contribution is -2.00. The van der Waals surface area contributed by atoms with E-state index in [1.54, 1.807) is 6.92 Å². The molecule has 0 unspecified atom stereocenters. The van der Waals surface area contributed by atoms with Crippen LogP contribution < -0.4 is 0 Å². The number of carbonyl (C=O) groups is 1. The van der Waals surface area contributed by atoms with Crippen molar-refractivity contribution in [1.29, 1.82) is 0 Å². The number of hydrogen-bond acceptors (Lipinski definition) is 4. The number of hydrogen-bond donors (Lipinski definition) is 0. The van der Waals surface area contributed by atoms with Crippen molar-refractivity contribution in [2.24, 2.45) is 0 Å². The van der Waals surface area contributed by atoms with Crippen LogP contribution in [-0.4, -0.2) is 15.9 Å². The standard InChI is InChI=1S/C17H18N2O2/c1-10(20)8-12-4-5-13-9-14(6-7-15(12)13)16-18-17(21-19-16)11-2-3-11/h6-7,9,11-12H,2-5,8H2,1H3/t12-/m0/s1.